The molecule has 0 amide bonds. The zero-order valence-electron chi connectivity index (χ0n) is 16.8. The molecule has 2 unspecified atom stereocenters. The number of aromatic nitrogens is 2. The summed E-state index contributed by atoms with van der Waals surface area (Å²) in [5.74, 6) is -2.75. The largest absolute Gasteiger partial charge is 0.339 e. The molecule has 0 aromatic carbocycles. The highest BCUT2D eigenvalue weighted by atomic mass is 17.2. The lowest BCUT2D eigenvalue weighted by Crippen LogP contribution is -2.48. The third-order valence-electron chi connectivity index (χ3n) is 3.68. The molecule has 1 saturated heterocycles. The first-order valence-electron chi connectivity index (χ1n) is 8.63. The average Bonchev–Trinajstić information content (AvgIpc) is 2.97. The summed E-state index contributed by atoms with van der Waals surface area (Å²) in [6, 6.07) is 0.957. The van der Waals surface area contributed by atoms with Gasteiger partial charge < -0.3 is 4.74 Å². The third-order valence-corrected chi connectivity index (χ3v) is 3.68. The van der Waals surface area contributed by atoms with E-state index in [1.54, 1.807) is 0 Å². The van der Waals surface area contributed by atoms with Gasteiger partial charge in [-0.05, 0) is 5.53 Å². The van der Waals surface area contributed by atoms with Crippen LogP contribution >= 0.6 is 0 Å². The minimum Gasteiger partial charge on any atom is -0.337 e. The lowest BCUT2D eigenvalue weighted by molar-refractivity contribution is -0.369. The lowest BCUT2D eigenvalue weighted by Gasteiger charge is -2.27. The van der Waals surface area contributed by atoms with Crippen molar-refractivity contribution in [3.8, 4) is 0 Å². The van der Waals surface area contributed by atoms with Gasteiger partial charge in [0.15, 0.2) is 18.4 Å². The Morgan fingerprint density at radius 3 is 2.34 bits per heavy atom. The molecule has 2 heterocycles. The number of aromatic amines is 1. The Kier molecular flexibility index (Phi) is 8.05. The van der Waals surface area contributed by atoms with E-state index in [9.17, 15) is 24.0 Å². The van der Waals surface area contributed by atoms with Crippen molar-refractivity contribution in [1.82, 2.24) is 9.55 Å². The predicted octanol–water partition coefficient (Wildman–Crippen LogP) is -0.707. The first kappa shape index (κ1) is 24.5. The standard InChI is InChI=1S/C15H17N5O12/c1-7(21)28-26-6-15(18-19-16)12(32-30-9(3)23)11(31-29-8(2)22)13(27-15)20-5-4-10(24)17-14(20)25/h4-5,11-13H,6H2,1-3H3,(H,17,24,25)/t11?,12?,13-,15-/m0/s1. The molecule has 0 aliphatic carbocycles. The Morgan fingerprint density at radius 2 is 1.78 bits per heavy atom. The molecule has 1 aromatic heterocycles. The van der Waals surface area contributed by atoms with Crippen LogP contribution in [0.5, 0.6) is 0 Å². The van der Waals surface area contributed by atoms with Gasteiger partial charge in [0.2, 0.25) is 5.72 Å². The van der Waals surface area contributed by atoms with Gasteiger partial charge in [0.1, 0.15) is 6.61 Å². The average molecular weight is 459 g/mol. The van der Waals surface area contributed by atoms with Crippen LogP contribution in [0, 0.1) is 0 Å². The summed E-state index contributed by atoms with van der Waals surface area (Å²) in [5.41, 5.74) is 5.02. The Balaban J connectivity index is 2.57. The molecule has 17 heteroatoms. The number of hydrogen-bond donors (Lipinski definition) is 1. The molecule has 0 saturated carbocycles. The lowest BCUT2D eigenvalue weighted by atomic mass is 10.1. The van der Waals surface area contributed by atoms with Crippen LogP contribution in [0.25, 0.3) is 10.4 Å². The summed E-state index contributed by atoms with van der Waals surface area (Å²) in [6.45, 7) is 2.13. The maximum atomic E-state index is 12.3. The molecule has 174 valence electrons. The maximum Gasteiger partial charge on any atom is 0.339 e. The molecule has 1 N–H and O–H groups in total. The van der Waals surface area contributed by atoms with Gasteiger partial charge in [0.25, 0.3) is 5.56 Å². The van der Waals surface area contributed by atoms with E-state index in [2.05, 4.69) is 24.7 Å². The van der Waals surface area contributed by atoms with Crippen molar-refractivity contribution < 1.29 is 48.4 Å². The van der Waals surface area contributed by atoms with Gasteiger partial charge >= 0.3 is 23.6 Å². The summed E-state index contributed by atoms with van der Waals surface area (Å²) in [5, 5.41) is 3.43. The van der Waals surface area contributed by atoms with Crippen molar-refractivity contribution in [1.29, 1.82) is 0 Å². The number of hydrogen-bond acceptors (Lipinski definition) is 13. The van der Waals surface area contributed by atoms with Crippen LogP contribution in [0.3, 0.4) is 0 Å². The second-order valence-corrected chi connectivity index (χ2v) is 6.12. The number of carbonyl (C=O) groups excluding carboxylic acids is 3. The fourth-order valence-electron chi connectivity index (χ4n) is 2.56. The first-order chi connectivity index (χ1) is 15.1. The summed E-state index contributed by atoms with van der Waals surface area (Å²) >= 11 is 0. The number of ether oxygens (including phenoxy) is 1. The molecule has 1 fully saturated rings. The Hall–Kier alpha value is -3.76. The first-order valence-corrected chi connectivity index (χ1v) is 8.63. The monoisotopic (exact) mass is 459 g/mol. The molecule has 4 atom stereocenters. The number of azide groups is 1. The Bertz CT molecular complexity index is 1030. The van der Waals surface area contributed by atoms with Crippen LogP contribution in [0.2, 0.25) is 0 Å². The number of nitrogens with one attached hydrogen (secondary N) is 1. The van der Waals surface area contributed by atoms with E-state index in [1.807, 2.05) is 4.98 Å². The van der Waals surface area contributed by atoms with Gasteiger partial charge in [-0.2, -0.15) is 14.7 Å². The second-order valence-electron chi connectivity index (χ2n) is 6.12. The van der Waals surface area contributed by atoms with Crippen molar-refractivity contribution in [2.45, 2.75) is 44.9 Å². The molecular formula is C15H17N5O12. The van der Waals surface area contributed by atoms with Gasteiger partial charge in [-0.3, -0.25) is 29.0 Å². The normalized spacial score (nSPS) is 24.3. The fourth-order valence-corrected chi connectivity index (χ4v) is 2.56. The molecule has 2 rings (SSSR count). The topological polar surface area (TPSA) is 219 Å². The smallest absolute Gasteiger partial charge is 0.337 e. The number of rotatable bonds is 9. The van der Waals surface area contributed by atoms with Crippen LogP contribution in [0.1, 0.15) is 27.0 Å². The molecule has 1 aromatic rings. The highest BCUT2D eigenvalue weighted by Gasteiger charge is 2.61. The quantitative estimate of drug-likeness (QED) is 0.159. The minimum atomic E-state index is -2.30. The van der Waals surface area contributed by atoms with Gasteiger partial charge in [-0.1, -0.05) is 5.11 Å². The SMILES string of the molecule is CC(=O)OOC[C@]1(N=[N+]=[N-])O[C@H](n2ccc(=O)[nH]c2=O)C(OOC(C)=O)C1OOC(C)=O. The summed E-state index contributed by atoms with van der Waals surface area (Å²) in [4.78, 5) is 89.9. The van der Waals surface area contributed by atoms with Crippen molar-refractivity contribution in [3.05, 3.63) is 43.5 Å². The van der Waals surface area contributed by atoms with E-state index in [1.165, 1.54) is 0 Å². The highest BCUT2D eigenvalue weighted by molar-refractivity contribution is 5.65. The van der Waals surface area contributed by atoms with E-state index in [4.69, 9.17) is 24.9 Å². The van der Waals surface area contributed by atoms with E-state index in [0.29, 0.717) is 0 Å². The van der Waals surface area contributed by atoms with Crippen LogP contribution in [0.4, 0.5) is 0 Å². The van der Waals surface area contributed by atoms with Gasteiger partial charge in [0.05, 0.1) is 0 Å². The third kappa shape index (κ3) is 5.90. The summed E-state index contributed by atoms with van der Waals surface area (Å²) < 4.78 is 6.42. The van der Waals surface area contributed by atoms with Gasteiger partial charge in [-0.25, -0.2) is 19.2 Å². The van der Waals surface area contributed by atoms with Crippen molar-refractivity contribution in [2.75, 3.05) is 6.61 Å². The summed E-state index contributed by atoms with van der Waals surface area (Å²) in [6.07, 6.45) is -4.00. The summed E-state index contributed by atoms with van der Waals surface area (Å²) in [7, 11) is 0. The Labute approximate surface area is 177 Å². The van der Waals surface area contributed by atoms with Crippen LogP contribution < -0.4 is 11.2 Å². The number of nitrogens with zero attached hydrogens (tertiary/aromatic N) is 4. The molecule has 32 heavy (non-hydrogen) atoms. The zero-order chi connectivity index (χ0) is 23.9. The van der Waals surface area contributed by atoms with E-state index < -0.39 is 59.9 Å². The van der Waals surface area contributed by atoms with E-state index >= 15 is 0 Å². The maximum absolute atomic E-state index is 12.3. The molecule has 0 bridgehead atoms. The van der Waals surface area contributed by atoms with Crippen molar-refractivity contribution >= 4 is 17.9 Å². The van der Waals surface area contributed by atoms with E-state index in [-0.39, 0.29) is 0 Å². The number of H-pyrrole nitrogens is 1. The highest BCUT2D eigenvalue weighted by Crippen LogP contribution is 2.42. The molecule has 0 radical (unpaired) electrons. The molecule has 1 aliphatic rings. The Morgan fingerprint density at radius 1 is 1.16 bits per heavy atom. The zero-order valence-corrected chi connectivity index (χ0v) is 16.8. The molecular weight excluding hydrogens is 442 g/mol. The van der Waals surface area contributed by atoms with Crippen LogP contribution in [-0.4, -0.2) is 52.0 Å². The van der Waals surface area contributed by atoms with E-state index in [0.717, 1.165) is 37.6 Å². The van der Waals surface area contributed by atoms with Crippen molar-refractivity contribution in [3.63, 3.8) is 0 Å². The molecule has 17 nitrogen and oxygen atoms in total. The minimum absolute atomic E-state index is 0.742. The fraction of sp³-hybridized carbons (Fsp3) is 0.533. The molecule has 0 spiro atoms. The number of carbonyl (C=O) groups is 3. The van der Waals surface area contributed by atoms with Gasteiger partial charge in [0, 0.05) is 37.9 Å². The van der Waals surface area contributed by atoms with Crippen LogP contribution in [0.15, 0.2) is 27.0 Å². The molecule has 1 aliphatic heterocycles. The van der Waals surface area contributed by atoms with Gasteiger partial charge in [-0.15, -0.1) is 0 Å². The second kappa shape index (κ2) is 10.5. The van der Waals surface area contributed by atoms with Crippen molar-refractivity contribution in [2.24, 2.45) is 5.11 Å². The van der Waals surface area contributed by atoms with Crippen LogP contribution in [-0.2, 0) is 48.4 Å². The predicted molar refractivity (Wildman–Crippen MR) is 94.3 cm³/mol.